The normalized spacial score (nSPS) is 14.4. The number of amides is 1. The van der Waals surface area contributed by atoms with Crippen molar-refractivity contribution in [2.24, 2.45) is 0 Å². The molecule has 0 aromatic heterocycles. The quantitative estimate of drug-likeness (QED) is 0.566. The Hall–Kier alpha value is -3.15. The zero-order chi connectivity index (χ0) is 23.1. The number of esters is 1. The SMILES string of the molecule is COC(=O)c1cccc(NCC(=O)Nc2ccc(OC)c(S(=O)(=O)N3CCOCC3)c2)c1. The van der Waals surface area contributed by atoms with E-state index >= 15 is 0 Å². The van der Waals surface area contributed by atoms with Gasteiger partial charge in [-0.25, -0.2) is 13.2 Å². The lowest BCUT2D eigenvalue weighted by molar-refractivity contribution is -0.114. The van der Waals surface area contributed by atoms with Crippen molar-refractivity contribution in [1.82, 2.24) is 4.31 Å². The molecule has 0 spiro atoms. The van der Waals surface area contributed by atoms with E-state index in [-0.39, 0.29) is 30.3 Å². The molecule has 1 heterocycles. The molecular weight excluding hydrogens is 438 g/mol. The zero-order valence-corrected chi connectivity index (χ0v) is 18.6. The van der Waals surface area contributed by atoms with Crippen molar-refractivity contribution in [3.63, 3.8) is 0 Å². The molecule has 2 N–H and O–H groups in total. The predicted octanol–water partition coefficient (Wildman–Crippen LogP) is 1.55. The first-order chi connectivity index (χ1) is 15.3. The van der Waals surface area contributed by atoms with Gasteiger partial charge >= 0.3 is 5.97 Å². The van der Waals surface area contributed by atoms with E-state index < -0.39 is 21.9 Å². The van der Waals surface area contributed by atoms with Crippen LogP contribution in [0.25, 0.3) is 0 Å². The van der Waals surface area contributed by atoms with Gasteiger partial charge in [0, 0.05) is 24.5 Å². The summed E-state index contributed by atoms with van der Waals surface area (Å²) in [5.41, 5.74) is 1.23. The second-order valence-electron chi connectivity index (χ2n) is 6.86. The van der Waals surface area contributed by atoms with E-state index in [1.54, 1.807) is 30.3 Å². The van der Waals surface area contributed by atoms with Gasteiger partial charge < -0.3 is 24.8 Å². The summed E-state index contributed by atoms with van der Waals surface area (Å²) in [7, 11) is -1.14. The Morgan fingerprint density at radius 1 is 1.06 bits per heavy atom. The number of morpholine rings is 1. The average Bonchev–Trinajstić information content (AvgIpc) is 2.83. The number of sulfonamides is 1. The molecule has 0 bridgehead atoms. The lowest BCUT2D eigenvalue weighted by Gasteiger charge is -2.26. The van der Waals surface area contributed by atoms with Crippen LogP contribution in [0.15, 0.2) is 47.4 Å². The van der Waals surface area contributed by atoms with Crippen LogP contribution in [0.5, 0.6) is 5.75 Å². The maximum absolute atomic E-state index is 13.1. The number of nitrogens with one attached hydrogen (secondary N) is 2. The van der Waals surface area contributed by atoms with Gasteiger partial charge in [-0.1, -0.05) is 6.07 Å². The fourth-order valence-corrected chi connectivity index (χ4v) is 4.73. The Balaban J connectivity index is 1.70. The Morgan fingerprint density at radius 2 is 1.81 bits per heavy atom. The van der Waals surface area contributed by atoms with Crippen molar-refractivity contribution in [3.8, 4) is 5.75 Å². The second kappa shape index (κ2) is 10.4. The molecule has 1 fully saturated rings. The molecule has 0 aliphatic carbocycles. The molecule has 1 aliphatic rings. The third kappa shape index (κ3) is 5.55. The number of methoxy groups -OCH3 is 2. The molecule has 0 saturated carbocycles. The van der Waals surface area contributed by atoms with E-state index in [2.05, 4.69) is 15.4 Å². The van der Waals surface area contributed by atoms with Crippen LogP contribution in [-0.4, -0.2) is 71.7 Å². The molecule has 2 aromatic carbocycles. The molecule has 3 rings (SSSR count). The molecule has 0 atom stereocenters. The van der Waals surface area contributed by atoms with Crippen molar-refractivity contribution in [2.45, 2.75) is 4.90 Å². The van der Waals surface area contributed by atoms with Gasteiger partial charge in [-0.3, -0.25) is 4.79 Å². The monoisotopic (exact) mass is 463 g/mol. The number of anilines is 2. The van der Waals surface area contributed by atoms with Crippen molar-refractivity contribution < 1.29 is 32.2 Å². The van der Waals surface area contributed by atoms with E-state index in [0.29, 0.717) is 30.2 Å². The first-order valence-corrected chi connectivity index (χ1v) is 11.3. The van der Waals surface area contributed by atoms with Gasteiger partial charge in [0.25, 0.3) is 0 Å². The van der Waals surface area contributed by atoms with E-state index in [0.717, 1.165) is 0 Å². The van der Waals surface area contributed by atoms with Crippen LogP contribution in [0.1, 0.15) is 10.4 Å². The highest BCUT2D eigenvalue weighted by molar-refractivity contribution is 7.89. The minimum Gasteiger partial charge on any atom is -0.495 e. The van der Waals surface area contributed by atoms with Gasteiger partial charge in [-0.15, -0.1) is 0 Å². The van der Waals surface area contributed by atoms with Gasteiger partial charge in [-0.2, -0.15) is 4.31 Å². The summed E-state index contributed by atoms with van der Waals surface area (Å²) in [6.07, 6.45) is 0. The lowest BCUT2D eigenvalue weighted by atomic mass is 10.2. The minimum absolute atomic E-state index is 0.0292. The molecule has 0 radical (unpaired) electrons. The number of hydrogen-bond donors (Lipinski definition) is 2. The average molecular weight is 464 g/mol. The smallest absolute Gasteiger partial charge is 0.337 e. The summed E-state index contributed by atoms with van der Waals surface area (Å²) in [6.45, 7) is 1.04. The summed E-state index contributed by atoms with van der Waals surface area (Å²) < 4.78 is 42.6. The molecule has 0 unspecified atom stereocenters. The van der Waals surface area contributed by atoms with Crippen LogP contribution in [0.3, 0.4) is 0 Å². The van der Waals surface area contributed by atoms with Crippen LogP contribution < -0.4 is 15.4 Å². The molecule has 10 nitrogen and oxygen atoms in total. The molecule has 2 aromatic rings. The summed E-state index contributed by atoms with van der Waals surface area (Å²) in [4.78, 5) is 24.0. The fraction of sp³-hybridized carbons (Fsp3) is 0.333. The number of carbonyl (C=O) groups excluding carboxylic acids is 2. The molecule has 11 heteroatoms. The topological polar surface area (TPSA) is 123 Å². The van der Waals surface area contributed by atoms with Gasteiger partial charge in [0.05, 0.1) is 39.5 Å². The van der Waals surface area contributed by atoms with E-state index in [9.17, 15) is 18.0 Å². The van der Waals surface area contributed by atoms with E-state index in [4.69, 9.17) is 9.47 Å². The first kappa shape index (κ1) is 23.5. The van der Waals surface area contributed by atoms with Crippen molar-refractivity contribution in [1.29, 1.82) is 0 Å². The predicted molar refractivity (Wildman–Crippen MR) is 117 cm³/mol. The maximum Gasteiger partial charge on any atom is 0.337 e. The maximum atomic E-state index is 13.1. The molecule has 1 saturated heterocycles. The van der Waals surface area contributed by atoms with Crippen LogP contribution in [0.2, 0.25) is 0 Å². The summed E-state index contributed by atoms with van der Waals surface area (Å²) in [5, 5.41) is 5.59. The van der Waals surface area contributed by atoms with Crippen LogP contribution >= 0.6 is 0 Å². The van der Waals surface area contributed by atoms with Gasteiger partial charge in [0.15, 0.2) is 0 Å². The van der Waals surface area contributed by atoms with Crippen LogP contribution in [0, 0.1) is 0 Å². The summed E-state index contributed by atoms with van der Waals surface area (Å²) in [5.74, 6) is -0.689. The number of hydrogen-bond acceptors (Lipinski definition) is 8. The largest absolute Gasteiger partial charge is 0.495 e. The molecule has 32 heavy (non-hydrogen) atoms. The minimum atomic E-state index is -3.82. The van der Waals surface area contributed by atoms with E-state index in [1.165, 1.54) is 30.7 Å². The first-order valence-electron chi connectivity index (χ1n) is 9.83. The highest BCUT2D eigenvalue weighted by Gasteiger charge is 2.29. The third-order valence-corrected chi connectivity index (χ3v) is 6.69. The van der Waals surface area contributed by atoms with Gasteiger partial charge in [0.2, 0.25) is 15.9 Å². The van der Waals surface area contributed by atoms with Crippen LogP contribution in [-0.2, 0) is 24.3 Å². The third-order valence-electron chi connectivity index (χ3n) is 4.77. The Morgan fingerprint density at radius 3 is 2.50 bits per heavy atom. The van der Waals surface area contributed by atoms with Crippen molar-refractivity contribution in [2.75, 3.05) is 57.7 Å². The Labute approximate surface area is 186 Å². The number of benzene rings is 2. The highest BCUT2D eigenvalue weighted by atomic mass is 32.2. The summed E-state index contributed by atoms with van der Waals surface area (Å²) >= 11 is 0. The van der Waals surface area contributed by atoms with Crippen LogP contribution in [0.4, 0.5) is 11.4 Å². The second-order valence-corrected chi connectivity index (χ2v) is 8.76. The van der Waals surface area contributed by atoms with Crippen molar-refractivity contribution in [3.05, 3.63) is 48.0 Å². The zero-order valence-electron chi connectivity index (χ0n) is 17.8. The molecule has 1 aliphatic heterocycles. The molecule has 172 valence electrons. The number of ether oxygens (including phenoxy) is 3. The molecular formula is C21H25N3O7S. The number of nitrogens with zero attached hydrogens (tertiary/aromatic N) is 1. The fourth-order valence-electron chi connectivity index (χ4n) is 3.14. The highest BCUT2D eigenvalue weighted by Crippen LogP contribution is 2.30. The van der Waals surface area contributed by atoms with Gasteiger partial charge in [-0.05, 0) is 36.4 Å². The molecule has 1 amide bonds. The standard InChI is InChI=1S/C21H25N3O7S/c1-29-18-7-6-17(13-19(18)32(27,28)24-8-10-31-11-9-24)23-20(25)14-22-16-5-3-4-15(12-16)21(26)30-2/h3-7,12-13,22H,8-11,14H2,1-2H3,(H,23,25). The Bertz CT molecular complexity index is 1080. The van der Waals surface area contributed by atoms with E-state index in [1.807, 2.05) is 0 Å². The number of carbonyl (C=O) groups is 2. The summed E-state index contributed by atoms with van der Waals surface area (Å²) in [6, 6.07) is 11.0. The lowest BCUT2D eigenvalue weighted by Crippen LogP contribution is -2.40. The van der Waals surface area contributed by atoms with Gasteiger partial charge in [0.1, 0.15) is 10.6 Å². The number of rotatable bonds is 8. The van der Waals surface area contributed by atoms with Crippen molar-refractivity contribution >= 4 is 33.3 Å². The Kier molecular flexibility index (Phi) is 7.67.